The fourth-order valence-corrected chi connectivity index (χ4v) is 3.50. The lowest BCUT2D eigenvalue weighted by molar-refractivity contribution is -0.118. The van der Waals surface area contributed by atoms with Crippen LogP contribution in [0.5, 0.6) is 0 Å². The van der Waals surface area contributed by atoms with Crippen molar-refractivity contribution in [1.29, 1.82) is 0 Å². The predicted octanol–water partition coefficient (Wildman–Crippen LogP) is 7.15. The fraction of sp³-hybridized carbons (Fsp3) is 0.708. The molecule has 0 bridgehead atoms. The number of hydrogen-bond acceptors (Lipinski definition) is 2. The quantitative estimate of drug-likeness (QED) is 0.136. The Hall–Kier alpha value is -1.35. The molecule has 0 fully saturated rings. The summed E-state index contributed by atoms with van der Waals surface area (Å²) < 4.78 is 0. The molecular weight excluding hydrogens is 332 g/mol. The maximum atomic E-state index is 12.1. The average molecular weight is 375 g/mol. The molecule has 1 aromatic carbocycles. The second kappa shape index (κ2) is 16.8. The van der Waals surface area contributed by atoms with Gasteiger partial charge in [-0.2, -0.15) is 0 Å². The van der Waals surface area contributed by atoms with Gasteiger partial charge in [-0.25, -0.2) is 10.9 Å². The number of amides is 1. The van der Waals surface area contributed by atoms with E-state index in [4.69, 9.17) is 5.84 Å². The predicted molar refractivity (Wildman–Crippen MR) is 118 cm³/mol. The third-order valence-electron chi connectivity index (χ3n) is 5.30. The van der Waals surface area contributed by atoms with Crippen LogP contribution in [-0.4, -0.2) is 5.91 Å². The lowest BCUT2D eigenvalue weighted by Crippen LogP contribution is -2.37. The van der Waals surface area contributed by atoms with E-state index < -0.39 is 0 Å². The number of carbonyl (C=O) groups is 1. The molecule has 0 unspecified atom stereocenters. The van der Waals surface area contributed by atoms with Crippen LogP contribution in [0.3, 0.4) is 0 Å². The third kappa shape index (κ3) is 12.6. The Morgan fingerprint density at radius 2 is 1.11 bits per heavy atom. The summed E-state index contributed by atoms with van der Waals surface area (Å²) in [5.41, 5.74) is 0.767. The highest BCUT2D eigenvalue weighted by Crippen LogP contribution is 2.15. The number of rotatable bonds is 17. The molecule has 1 rings (SSSR count). The zero-order valence-electron chi connectivity index (χ0n) is 17.6. The number of anilines is 1. The zero-order valence-corrected chi connectivity index (χ0v) is 17.6. The number of nitrogens with two attached hydrogens (primary N) is 1. The largest absolute Gasteiger partial charge is 0.273 e. The molecule has 0 radical (unpaired) electrons. The Kier molecular flexibility index (Phi) is 14.7. The van der Waals surface area contributed by atoms with Gasteiger partial charge in [0.05, 0.1) is 5.69 Å². The summed E-state index contributed by atoms with van der Waals surface area (Å²) in [6.45, 7) is 2.28. The SMILES string of the molecule is CCCCCCCCCCCCCCCCCC(=O)N(N)c1ccccc1. The number of hydrazine groups is 1. The Bertz CT molecular complexity index is 461. The van der Waals surface area contributed by atoms with E-state index in [0.717, 1.165) is 18.5 Å². The van der Waals surface area contributed by atoms with Gasteiger partial charge >= 0.3 is 0 Å². The first-order valence-electron chi connectivity index (χ1n) is 11.4. The van der Waals surface area contributed by atoms with E-state index in [1.54, 1.807) is 0 Å². The summed E-state index contributed by atoms with van der Waals surface area (Å²) in [4.78, 5) is 12.1. The van der Waals surface area contributed by atoms with E-state index in [-0.39, 0.29) is 5.91 Å². The molecule has 2 N–H and O–H groups in total. The van der Waals surface area contributed by atoms with Crippen molar-refractivity contribution in [3.63, 3.8) is 0 Å². The van der Waals surface area contributed by atoms with Crippen molar-refractivity contribution >= 4 is 11.6 Å². The maximum Gasteiger partial charge on any atom is 0.241 e. The van der Waals surface area contributed by atoms with Gasteiger partial charge in [-0.05, 0) is 18.6 Å². The van der Waals surface area contributed by atoms with Gasteiger partial charge in [-0.15, -0.1) is 0 Å². The summed E-state index contributed by atoms with van der Waals surface area (Å²) in [5, 5.41) is 1.28. The summed E-state index contributed by atoms with van der Waals surface area (Å²) in [6, 6.07) is 9.46. The Morgan fingerprint density at radius 3 is 1.56 bits per heavy atom. The highest BCUT2D eigenvalue weighted by molar-refractivity contribution is 5.91. The summed E-state index contributed by atoms with van der Waals surface area (Å²) in [7, 11) is 0. The first-order valence-corrected chi connectivity index (χ1v) is 11.4. The van der Waals surface area contributed by atoms with Crippen LogP contribution in [0.2, 0.25) is 0 Å². The number of unbranched alkanes of at least 4 members (excludes halogenated alkanes) is 14. The van der Waals surface area contributed by atoms with E-state index in [9.17, 15) is 4.79 Å². The van der Waals surface area contributed by atoms with Crippen LogP contribution in [0.1, 0.15) is 110 Å². The molecule has 0 aliphatic carbocycles. The first-order chi connectivity index (χ1) is 13.3. The number of nitrogens with zero attached hydrogens (tertiary/aromatic N) is 1. The van der Waals surface area contributed by atoms with E-state index >= 15 is 0 Å². The molecule has 0 spiro atoms. The molecule has 0 aliphatic rings. The average Bonchev–Trinajstić information content (AvgIpc) is 2.70. The van der Waals surface area contributed by atoms with Gasteiger partial charge in [-0.3, -0.25) is 4.79 Å². The smallest absolute Gasteiger partial charge is 0.241 e. The molecule has 0 aromatic heterocycles. The van der Waals surface area contributed by atoms with E-state index in [1.807, 2.05) is 30.3 Å². The molecule has 0 heterocycles. The summed E-state index contributed by atoms with van der Waals surface area (Å²) in [6.07, 6.45) is 20.6. The first kappa shape index (κ1) is 23.7. The molecular formula is C24H42N2O. The summed E-state index contributed by atoms with van der Waals surface area (Å²) >= 11 is 0. The van der Waals surface area contributed by atoms with Crippen molar-refractivity contribution in [3.05, 3.63) is 30.3 Å². The third-order valence-corrected chi connectivity index (χ3v) is 5.30. The Balaban J connectivity index is 1.84. The van der Waals surface area contributed by atoms with Crippen molar-refractivity contribution in [2.75, 3.05) is 5.01 Å². The van der Waals surface area contributed by atoms with E-state index in [1.165, 1.54) is 88.5 Å². The lowest BCUT2D eigenvalue weighted by Gasteiger charge is -2.16. The minimum atomic E-state index is 0.0101. The van der Waals surface area contributed by atoms with Gasteiger partial charge in [0, 0.05) is 6.42 Å². The molecule has 0 aliphatic heterocycles. The number of carbonyl (C=O) groups excluding carboxylic acids is 1. The van der Waals surface area contributed by atoms with Crippen LogP contribution in [-0.2, 0) is 4.79 Å². The molecule has 154 valence electrons. The van der Waals surface area contributed by atoms with E-state index in [2.05, 4.69) is 6.92 Å². The number of hydrogen-bond donors (Lipinski definition) is 1. The van der Waals surface area contributed by atoms with Crippen LogP contribution < -0.4 is 10.9 Å². The maximum absolute atomic E-state index is 12.1. The molecule has 3 nitrogen and oxygen atoms in total. The molecule has 0 atom stereocenters. The molecule has 1 amide bonds. The van der Waals surface area contributed by atoms with Crippen molar-refractivity contribution in [2.24, 2.45) is 5.84 Å². The van der Waals surface area contributed by atoms with Gasteiger partial charge in [0.15, 0.2) is 0 Å². The van der Waals surface area contributed by atoms with Crippen molar-refractivity contribution in [1.82, 2.24) is 0 Å². The highest BCUT2D eigenvalue weighted by atomic mass is 16.2. The second-order valence-corrected chi connectivity index (χ2v) is 7.80. The molecule has 1 aromatic rings. The molecule has 0 saturated heterocycles. The Labute approximate surface area is 167 Å². The van der Waals surface area contributed by atoms with Crippen LogP contribution in [0.4, 0.5) is 5.69 Å². The monoisotopic (exact) mass is 374 g/mol. The van der Waals surface area contributed by atoms with Crippen molar-refractivity contribution < 1.29 is 4.79 Å². The minimum absolute atomic E-state index is 0.0101. The number of benzene rings is 1. The molecule has 0 saturated carbocycles. The van der Waals surface area contributed by atoms with Crippen LogP contribution in [0.15, 0.2) is 30.3 Å². The van der Waals surface area contributed by atoms with Gasteiger partial charge in [0.1, 0.15) is 0 Å². The van der Waals surface area contributed by atoms with Crippen molar-refractivity contribution in [2.45, 2.75) is 110 Å². The molecule has 27 heavy (non-hydrogen) atoms. The molecule has 3 heteroatoms. The normalized spacial score (nSPS) is 10.9. The van der Waals surface area contributed by atoms with Crippen molar-refractivity contribution in [3.8, 4) is 0 Å². The standard InChI is InChI=1S/C24H42N2O/c1-2-3-4-5-6-7-8-9-10-11-12-13-14-15-19-22-24(27)26(25)23-20-17-16-18-21-23/h16-18,20-21H,2-15,19,22,25H2,1H3. The van der Waals surface area contributed by atoms with Crippen LogP contribution >= 0.6 is 0 Å². The fourth-order valence-electron chi connectivity index (χ4n) is 3.50. The second-order valence-electron chi connectivity index (χ2n) is 7.80. The topological polar surface area (TPSA) is 46.3 Å². The van der Waals surface area contributed by atoms with E-state index in [0.29, 0.717) is 6.42 Å². The van der Waals surface area contributed by atoms with Crippen LogP contribution in [0.25, 0.3) is 0 Å². The minimum Gasteiger partial charge on any atom is -0.273 e. The lowest BCUT2D eigenvalue weighted by atomic mass is 10.0. The van der Waals surface area contributed by atoms with Crippen LogP contribution in [0, 0.1) is 0 Å². The Morgan fingerprint density at radius 1 is 0.704 bits per heavy atom. The number of para-hydroxylation sites is 1. The van der Waals surface area contributed by atoms with Gasteiger partial charge < -0.3 is 0 Å². The zero-order chi connectivity index (χ0) is 19.6. The van der Waals surface area contributed by atoms with Gasteiger partial charge in [0.25, 0.3) is 0 Å². The van der Waals surface area contributed by atoms with Gasteiger partial charge in [-0.1, -0.05) is 115 Å². The highest BCUT2D eigenvalue weighted by Gasteiger charge is 2.10. The summed E-state index contributed by atoms with van der Waals surface area (Å²) in [5.74, 6) is 5.89. The van der Waals surface area contributed by atoms with Gasteiger partial charge in [0.2, 0.25) is 5.91 Å².